The molecule has 8 atom stereocenters. The molecule has 200 valence electrons. The van der Waals surface area contributed by atoms with E-state index in [0.29, 0.717) is 24.8 Å². The van der Waals surface area contributed by atoms with Crippen LogP contribution in [0.15, 0.2) is 36.0 Å². The second-order valence-corrected chi connectivity index (χ2v) is 11.0. The lowest BCUT2D eigenvalue weighted by Gasteiger charge is -2.60. The Morgan fingerprint density at radius 2 is 1.81 bits per heavy atom. The highest BCUT2D eigenvalue weighted by molar-refractivity contribution is 5.72. The number of aliphatic hydroxyl groups excluding tert-OH is 1. The Hall–Kier alpha value is -2.45. The van der Waals surface area contributed by atoms with E-state index in [1.165, 1.54) is 13.8 Å². The molecule has 0 aromatic heterocycles. The Morgan fingerprint density at radius 1 is 1.17 bits per heavy atom. The number of carbonyl (C=O) groups is 3. The minimum absolute atomic E-state index is 0.0727. The smallest absolute Gasteiger partial charge is 0.308 e. The Morgan fingerprint density at radius 3 is 2.36 bits per heavy atom. The first kappa shape index (κ1) is 28.1. The molecule has 0 radical (unpaired) electrons. The van der Waals surface area contributed by atoms with Crippen LogP contribution < -0.4 is 0 Å². The van der Waals surface area contributed by atoms with Gasteiger partial charge in [-0.1, -0.05) is 52.0 Å². The first-order valence-corrected chi connectivity index (χ1v) is 12.7. The van der Waals surface area contributed by atoms with Crippen molar-refractivity contribution in [3.8, 4) is 0 Å². The van der Waals surface area contributed by atoms with Crippen LogP contribution in [0.25, 0.3) is 0 Å². The summed E-state index contributed by atoms with van der Waals surface area (Å²) < 4.78 is 23.1. The molecule has 1 N–H and O–H groups in total. The fraction of sp³-hybridized carbons (Fsp3) is 0.679. The van der Waals surface area contributed by atoms with E-state index in [2.05, 4.69) is 26.5 Å². The van der Waals surface area contributed by atoms with Crippen molar-refractivity contribution in [3.63, 3.8) is 0 Å². The van der Waals surface area contributed by atoms with Gasteiger partial charge in [0.05, 0.1) is 17.4 Å². The van der Waals surface area contributed by atoms with Crippen LogP contribution in [0.4, 0.5) is 0 Å². The monoisotopic (exact) mass is 504 g/mol. The third-order valence-corrected chi connectivity index (χ3v) is 8.32. The molecule has 2 fully saturated rings. The van der Waals surface area contributed by atoms with E-state index in [4.69, 9.17) is 18.9 Å². The van der Waals surface area contributed by atoms with Crippen LogP contribution in [-0.4, -0.2) is 47.8 Å². The normalized spacial score (nSPS) is 37.9. The topological polar surface area (TPSA) is 108 Å². The molecule has 3 rings (SSSR count). The zero-order valence-electron chi connectivity index (χ0n) is 22.4. The van der Waals surface area contributed by atoms with Crippen molar-refractivity contribution in [2.24, 2.45) is 28.6 Å². The minimum Gasteiger partial charge on any atom is -0.458 e. The van der Waals surface area contributed by atoms with Gasteiger partial charge in [0.1, 0.15) is 6.10 Å². The number of rotatable bonds is 7. The summed E-state index contributed by atoms with van der Waals surface area (Å²) in [5.41, 5.74) is -0.0611. The molecule has 3 aliphatic rings. The van der Waals surface area contributed by atoms with Crippen molar-refractivity contribution in [3.05, 3.63) is 36.0 Å². The zero-order valence-corrected chi connectivity index (χ0v) is 22.4. The highest BCUT2D eigenvalue weighted by atomic mass is 16.8. The van der Waals surface area contributed by atoms with E-state index < -0.39 is 47.6 Å². The maximum absolute atomic E-state index is 12.6. The molecule has 0 aromatic rings. The SMILES string of the molecule is C=C/C(C)=C/C[C@]1(C)C2C[C@H](OC(=O)C(C)C)C=C3[C@H](OC(C)=O)O[C@H](OC(C)=O)C32[C@H](O)C[C@@H]1C. The average Bonchev–Trinajstić information content (AvgIpc) is 3.07. The summed E-state index contributed by atoms with van der Waals surface area (Å²) in [6.07, 6.45) is 3.22. The first-order valence-electron chi connectivity index (χ1n) is 12.7. The highest BCUT2D eigenvalue weighted by Crippen LogP contribution is 2.67. The Bertz CT molecular complexity index is 965. The van der Waals surface area contributed by atoms with Gasteiger partial charge in [-0.15, -0.1) is 0 Å². The summed E-state index contributed by atoms with van der Waals surface area (Å²) in [5, 5.41) is 11.7. The molecule has 1 saturated carbocycles. The molecule has 8 nitrogen and oxygen atoms in total. The van der Waals surface area contributed by atoms with Crippen molar-refractivity contribution >= 4 is 17.9 Å². The van der Waals surface area contributed by atoms with Gasteiger partial charge in [0.25, 0.3) is 0 Å². The van der Waals surface area contributed by atoms with E-state index in [-0.39, 0.29) is 23.7 Å². The summed E-state index contributed by atoms with van der Waals surface area (Å²) in [6, 6.07) is 0. The Balaban J connectivity index is 2.23. The number of carbonyl (C=O) groups excluding carboxylic acids is 3. The van der Waals surface area contributed by atoms with Gasteiger partial charge in [0, 0.05) is 19.4 Å². The van der Waals surface area contributed by atoms with Crippen molar-refractivity contribution in [1.82, 2.24) is 0 Å². The average molecular weight is 505 g/mol. The standard InChI is InChI=1S/C28H40O8/c1-9-16(4)10-11-27(8)17(5)12-23(31)28-21(13-20(14-22(27)28)35-24(32)15(2)3)25(33-18(6)29)36-26(28)34-19(7)30/h9-10,13,15,17,20,22-23,25-26,31H,1,11-12,14H2,2-8H3/b16-10+/t17-,20+,22?,23+,25+,26-,27-,28?/m0/s1. The van der Waals surface area contributed by atoms with Crippen LogP contribution in [-0.2, 0) is 33.3 Å². The number of esters is 3. The third kappa shape index (κ3) is 4.90. The Kier molecular flexibility index (Phi) is 8.20. The highest BCUT2D eigenvalue weighted by Gasteiger charge is 2.71. The molecular formula is C28H40O8. The minimum atomic E-state index is -1.17. The lowest BCUT2D eigenvalue weighted by molar-refractivity contribution is -0.254. The molecule has 36 heavy (non-hydrogen) atoms. The van der Waals surface area contributed by atoms with Crippen LogP contribution in [0.2, 0.25) is 0 Å². The predicted octanol–water partition coefficient (Wildman–Crippen LogP) is 4.22. The maximum atomic E-state index is 12.6. The molecule has 1 saturated heterocycles. The van der Waals surface area contributed by atoms with Crippen LogP contribution in [0.5, 0.6) is 0 Å². The quantitative estimate of drug-likeness (QED) is 0.238. The first-order chi connectivity index (χ1) is 16.8. The molecule has 2 aliphatic carbocycles. The number of aliphatic hydroxyl groups is 1. The fourth-order valence-electron chi connectivity index (χ4n) is 6.15. The molecular weight excluding hydrogens is 464 g/mol. The molecule has 1 heterocycles. The second-order valence-electron chi connectivity index (χ2n) is 11.0. The molecule has 0 bridgehead atoms. The van der Waals surface area contributed by atoms with Crippen molar-refractivity contribution in [1.29, 1.82) is 0 Å². The van der Waals surface area contributed by atoms with E-state index >= 15 is 0 Å². The summed E-state index contributed by atoms with van der Waals surface area (Å²) in [4.78, 5) is 36.7. The molecule has 8 heteroatoms. The summed E-state index contributed by atoms with van der Waals surface area (Å²) >= 11 is 0. The van der Waals surface area contributed by atoms with Crippen molar-refractivity contribution < 1.29 is 38.4 Å². The van der Waals surface area contributed by atoms with Gasteiger partial charge in [-0.2, -0.15) is 0 Å². The number of ether oxygens (including phenoxy) is 4. The maximum Gasteiger partial charge on any atom is 0.308 e. The molecule has 0 amide bonds. The van der Waals surface area contributed by atoms with Crippen molar-refractivity contribution in [2.75, 3.05) is 0 Å². The van der Waals surface area contributed by atoms with Gasteiger partial charge in [0.2, 0.25) is 12.6 Å². The summed E-state index contributed by atoms with van der Waals surface area (Å²) in [5.74, 6) is -2.08. The molecule has 1 aliphatic heterocycles. The lowest BCUT2D eigenvalue weighted by Crippen LogP contribution is -2.63. The van der Waals surface area contributed by atoms with Gasteiger partial charge in [-0.05, 0) is 49.5 Å². The lowest BCUT2D eigenvalue weighted by atomic mass is 9.45. The molecule has 2 unspecified atom stereocenters. The molecule has 1 spiro atoms. The number of hydrogen-bond acceptors (Lipinski definition) is 8. The van der Waals surface area contributed by atoms with Crippen LogP contribution in [0.3, 0.4) is 0 Å². The van der Waals surface area contributed by atoms with Crippen molar-refractivity contribution in [2.45, 2.75) is 92.5 Å². The largest absolute Gasteiger partial charge is 0.458 e. The zero-order chi connectivity index (χ0) is 27.0. The molecule has 0 aromatic carbocycles. The van der Waals surface area contributed by atoms with Gasteiger partial charge in [0.15, 0.2) is 0 Å². The van der Waals surface area contributed by atoms with E-state index in [0.717, 1.165) is 5.57 Å². The fourth-order valence-corrected chi connectivity index (χ4v) is 6.15. The number of hydrogen-bond donors (Lipinski definition) is 1. The van der Waals surface area contributed by atoms with Crippen LogP contribution in [0.1, 0.15) is 67.7 Å². The number of allylic oxidation sites excluding steroid dienone is 3. The third-order valence-electron chi connectivity index (χ3n) is 8.32. The van der Waals surface area contributed by atoms with Gasteiger partial charge in [-0.3, -0.25) is 19.1 Å². The van der Waals surface area contributed by atoms with E-state index in [1.54, 1.807) is 26.0 Å². The van der Waals surface area contributed by atoms with Gasteiger partial charge < -0.3 is 19.3 Å². The predicted molar refractivity (Wildman–Crippen MR) is 132 cm³/mol. The summed E-state index contributed by atoms with van der Waals surface area (Å²) in [6.45, 7) is 16.1. The second kappa shape index (κ2) is 10.5. The summed E-state index contributed by atoms with van der Waals surface area (Å²) in [7, 11) is 0. The Labute approximate surface area is 213 Å². The van der Waals surface area contributed by atoms with Crippen LogP contribution in [0, 0.1) is 28.6 Å². The van der Waals surface area contributed by atoms with E-state index in [1.807, 2.05) is 6.92 Å². The van der Waals surface area contributed by atoms with Gasteiger partial charge in [-0.25, -0.2) is 0 Å². The van der Waals surface area contributed by atoms with E-state index in [9.17, 15) is 19.5 Å². The van der Waals surface area contributed by atoms with Gasteiger partial charge >= 0.3 is 17.9 Å². The van der Waals surface area contributed by atoms with Crippen LogP contribution >= 0.6 is 0 Å².